The molecule has 2 aliphatic heterocycles. The molecule has 3 atom stereocenters. The molecule has 34 heavy (non-hydrogen) atoms. The van der Waals surface area contributed by atoms with E-state index in [2.05, 4.69) is 16.7 Å². The van der Waals surface area contributed by atoms with Crippen LogP contribution in [0.15, 0.2) is 34.9 Å². The second-order valence-corrected chi connectivity index (χ2v) is 8.65. The third kappa shape index (κ3) is 5.76. The first-order valence-corrected chi connectivity index (χ1v) is 11.6. The zero-order valence-corrected chi connectivity index (χ0v) is 19.6. The predicted octanol–water partition coefficient (Wildman–Crippen LogP) is 1.24. The number of rotatable bonds is 8. The van der Waals surface area contributed by atoms with Crippen molar-refractivity contribution in [2.45, 2.75) is 24.9 Å². The Bertz CT molecular complexity index is 1030. The van der Waals surface area contributed by atoms with E-state index < -0.39 is 29.7 Å². The summed E-state index contributed by atoms with van der Waals surface area (Å²) in [6.07, 6.45) is 1.84. The molecule has 1 aromatic carbocycles. The van der Waals surface area contributed by atoms with E-state index in [9.17, 15) is 24.4 Å². The van der Waals surface area contributed by atoms with Gasteiger partial charge in [-0.15, -0.1) is 0 Å². The highest BCUT2D eigenvalue weighted by Gasteiger charge is 2.44. The van der Waals surface area contributed by atoms with Crippen LogP contribution in [0.1, 0.15) is 34.7 Å². The molecule has 1 saturated heterocycles. The fourth-order valence-electron chi connectivity index (χ4n) is 3.85. The standard InChI is InChI=1S/C23H25N3O7S/c1-31-22(29)14-7-5-13(6-8-14)18-16(10-24)21(26-20(28)19(18)23(30)32-2)34-12-17(27)25-11-15-4-3-9-33-15/h5-8,15,18-19H,3-4,9,11-12H2,1-2H3,(H,25,27)(H,26,28)/t15-,18+,19+/m0/s1. The largest absolute Gasteiger partial charge is 0.468 e. The topological polar surface area (TPSA) is 144 Å². The summed E-state index contributed by atoms with van der Waals surface area (Å²) in [5.41, 5.74) is 0.870. The van der Waals surface area contributed by atoms with Gasteiger partial charge >= 0.3 is 11.9 Å². The highest BCUT2D eigenvalue weighted by atomic mass is 32.2. The Labute approximate surface area is 201 Å². The van der Waals surface area contributed by atoms with Gasteiger partial charge in [0.25, 0.3) is 0 Å². The summed E-state index contributed by atoms with van der Waals surface area (Å²) in [7, 11) is 2.41. The third-order valence-electron chi connectivity index (χ3n) is 5.57. The van der Waals surface area contributed by atoms with Crippen LogP contribution in [0.5, 0.6) is 0 Å². The molecule has 0 aliphatic carbocycles. The molecule has 180 valence electrons. The summed E-state index contributed by atoms with van der Waals surface area (Å²) >= 11 is 1.00. The van der Waals surface area contributed by atoms with Crippen LogP contribution in [0.2, 0.25) is 0 Å². The summed E-state index contributed by atoms with van der Waals surface area (Å²) in [4.78, 5) is 49.4. The molecule has 0 bridgehead atoms. The van der Waals surface area contributed by atoms with Crippen molar-refractivity contribution in [1.29, 1.82) is 5.26 Å². The van der Waals surface area contributed by atoms with Crippen molar-refractivity contribution in [1.82, 2.24) is 10.6 Å². The van der Waals surface area contributed by atoms with Crippen molar-refractivity contribution < 1.29 is 33.4 Å². The van der Waals surface area contributed by atoms with E-state index in [4.69, 9.17) is 14.2 Å². The highest BCUT2D eigenvalue weighted by molar-refractivity contribution is 8.03. The molecule has 2 heterocycles. The molecule has 2 aliphatic rings. The van der Waals surface area contributed by atoms with Gasteiger partial charge in [-0.3, -0.25) is 14.4 Å². The van der Waals surface area contributed by atoms with Crippen molar-refractivity contribution in [2.24, 2.45) is 5.92 Å². The molecule has 10 nitrogen and oxygen atoms in total. The normalized spacial score (nSPS) is 21.9. The minimum Gasteiger partial charge on any atom is -0.468 e. The molecular weight excluding hydrogens is 462 g/mol. The van der Waals surface area contributed by atoms with E-state index >= 15 is 0 Å². The number of nitrogens with one attached hydrogen (secondary N) is 2. The quantitative estimate of drug-likeness (QED) is 0.409. The van der Waals surface area contributed by atoms with Gasteiger partial charge in [-0.05, 0) is 30.5 Å². The smallest absolute Gasteiger partial charge is 0.337 e. The fourth-order valence-corrected chi connectivity index (χ4v) is 4.72. The number of ether oxygens (including phenoxy) is 3. The van der Waals surface area contributed by atoms with Crippen LogP contribution >= 0.6 is 11.8 Å². The molecule has 0 aromatic heterocycles. The molecular formula is C23H25N3O7S. The van der Waals surface area contributed by atoms with Gasteiger partial charge in [0.1, 0.15) is 5.92 Å². The first-order valence-electron chi connectivity index (χ1n) is 10.6. The van der Waals surface area contributed by atoms with Crippen molar-refractivity contribution in [2.75, 3.05) is 33.1 Å². The van der Waals surface area contributed by atoms with E-state index in [-0.39, 0.29) is 33.9 Å². The summed E-state index contributed by atoms with van der Waals surface area (Å²) in [5, 5.41) is 15.5. The van der Waals surface area contributed by atoms with Crippen LogP contribution in [-0.2, 0) is 28.6 Å². The number of nitrogens with zero attached hydrogens (tertiary/aromatic N) is 1. The van der Waals surface area contributed by atoms with Gasteiger partial charge in [0.15, 0.2) is 0 Å². The van der Waals surface area contributed by atoms with Gasteiger partial charge in [-0.2, -0.15) is 5.26 Å². The maximum Gasteiger partial charge on any atom is 0.337 e. The van der Waals surface area contributed by atoms with Gasteiger partial charge in [0.2, 0.25) is 11.8 Å². The summed E-state index contributed by atoms with van der Waals surface area (Å²) in [5.74, 6) is -4.55. The van der Waals surface area contributed by atoms with Crippen LogP contribution in [0.4, 0.5) is 0 Å². The van der Waals surface area contributed by atoms with Crippen LogP contribution in [-0.4, -0.2) is 63.0 Å². The molecule has 1 aromatic rings. The van der Waals surface area contributed by atoms with E-state index in [0.717, 1.165) is 31.7 Å². The number of esters is 2. The van der Waals surface area contributed by atoms with E-state index in [1.54, 1.807) is 12.1 Å². The number of carbonyl (C=O) groups is 4. The van der Waals surface area contributed by atoms with Gasteiger partial charge in [-0.25, -0.2) is 4.79 Å². The van der Waals surface area contributed by atoms with Crippen LogP contribution in [0.25, 0.3) is 0 Å². The van der Waals surface area contributed by atoms with Crippen LogP contribution in [0, 0.1) is 17.2 Å². The van der Waals surface area contributed by atoms with Gasteiger partial charge in [0.05, 0.1) is 48.3 Å². The Balaban J connectivity index is 1.84. The minimum atomic E-state index is -1.30. The lowest BCUT2D eigenvalue weighted by Gasteiger charge is -2.31. The Hall–Kier alpha value is -3.36. The maximum atomic E-state index is 12.9. The molecule has 0 spiro atoms. The lowest BCUT2D eigenvalue weighted by atomic mass is 9.78. The Morgan fingerprint density at radius 2 is 1.97 bits per heavy atom. The lowest BCUT2D eigenvalue weighted by molar-refractivity contribution is -0.150. The molecule has 0 radical (unpaired) electrons. The average Bonchev–Trinajstić information content (AvgIpc) is 3.38. The first kappa shape index (κ1) is 25.3. The number of carbonyl (C=O) groups excluding carboxylic acids is 4. The predicted molar refractivity (Wildman–Crippen MR) is 121 cm³/mol. The second-order valence-electron chi connectivity index (χ2n) is 7.66. The van der Waals surface area contributed by atoms with Gasteiger partial charge in [0, 0.05) is 19.1 Å². The number of thioether (sulfide) groups is 1. The summed E-state index contributed by atoms with van der Waals surface area (Å²) in [6.45, 7) is 1.08. The van der Waals surface area contributed by atoms with Crippen molar-refractivity contribution in [3.63, 3.8) is 0 Å². The molecule has 1 fully saturated rings. The number of hydrogen-bond acceptors (Lipinski definition) is 9. The zero-order chi connectivity index (χ0) is 24.7. The average molecular weight is 488 g/mol. The maximum absolute atomic E-state index is 12.9. The molecule has 3 rings (SSSR count). The number of nitriles is 1. The van der Waals surface area contributed by atoms with E-state index in [0.29, 0.717) is 18.7 Å². The van der Waals surface area contributed by atoms with Crippen LogP contribution < -0.4 is 10.6 Å². The molecule has 11 heteroatoms. The SMILES string of the molecule is COC(=O)c1ccc([C@@H]2C(C#N)=C(SCC(=O)NC[C@@H]3CCCO3)NC(=O)[C@@H]2C(=O)OC)cc1. The highest BCUT2D eigenvalue weighted by Crippen LogP contribution is 2.40. The zero-order valence-electron chi connectivity index (χ0n) is 18.8. The number of benzene rings is 1. The summed E-state index contributed by atoms with van der Waals surface area (Å²) < 4.78 is 15.0. The molecule has 2 amide bonds. The van der Waals surface area contributed by atoms with E-state index in [1.807, 2.05) is 0 Å². The third-order valence-corrected chi connectivity index (χ3v) is 6.59. The molecule has 0 saturated carbocycles. The Morgan fingerprint density at radius 1 is 1.24 bits per heavy atom. The van der Waals surface area contributed by atoms with E-state index in [1.165, 1.54) is 19.2 Å². The number of amides is 2. The second kappa shape index (κ2) is 11.7. The summed E-state index contributed by atoms with van der Waals surface area (Å²) in [6, 6.07) is 8.16. The number of methoxy groups -OCH3 is 2. The molecule has 0 unspecified atom stereocenters. The van der Waals surface area contributed by atoms with Crippen molar-refractivity contribution in [3.05, 3.63) is 46.0 Å². The van der Waals surface area contributed by atoms with Gasteiger partial charge < -0.3 is 24.8 Å². The Kier molecular flexibility index (Phi) is 8.67. The Morgan fingerprint density at radius 3 is 2.56 bits per heavy atom. The monoisotopic (exact) mass is 487 g/mol. The first-order chi connectivity index (χ1) is 16.4. The number of allylic oxidation sites excluding steroid dienone is 1. The fraction of sp³-hybridized carbons (Fsp3) is 0.435. The number of hydrogen-bond donors (Lipinski definition) is 2. The van der Waals surface area contributed by atoms with Gasteiger partial charge in [-0.1, -0.05) is 23.9 Å². The lowest BCUT2D eigenvalue weighted by Crippen LogP contribution is -2.44. The molecule has 2 N–H and O–H groups in total. The van der Waals surface area contributed by atoms with Crippen LogP contribution in [0.3, 0.4) is 0 Å². The van der Waals surface area contributed by atoms with Crippen molar-refractivity contribution in [3.8, 4) is 6.07 Å². The van der Waals surface area contributed by atoms with Crippen molar-refractivity contribution >= 4 is 35.5 Å². The minimum absolute atomic E-state index is 0.00428.